The molecule has 0 aliphatic rings. The van der Waals surface area contributed by atoms with Crippen molar-refractivity contribution in [3.63, 3.8) is 0 Å². The molecule has 0 unspecified atom stereocenters. The number of hydrogen-bond donors (Lipinski definition) is 2. The summed E-state index contributed by atoms with van der Waals surface area (Å²) in [4.78, 5) is 8.60. The number of nitrogens with two attached hydrogens (primary N) is 1. The Morgan fingerprint density at radius 2 is 2.11 bits per heavy atom. The van der Waals surface area contributed by atoms with Gasteiger partial charge in [0.15, 0.2) is 11.5 Å². The zero-order valence-electron chi connectivity index (χ0n) is 10.9. The predicted molar refractivity (Wildman–Crippen MR) is 76.6 cm³/mol. The van der Waals surface area contributed by atoms with Gasteiger partial charge in [-0.15, -0.1) is 0 Å². The average molecular weight is 253 g/mol. The maximum atomic E-state index is 5.80. The Morgan fingerprint density at radius 3 is 2.89 bits per heavy atom. The smallest absolute Gasteiger partial charge is 0.180 e. The van der Waals surface area contributed by atoms with Crippen LogP contribution in [0.5, 0.6) is 0 Å². The summed E-state index contributed by atoms with van der Waals surface area (Å²) in [5.74, 6) is 1.12. The molecule has 0 atom stereocenters. The van der Waals surface area contributed by atoms with Gasteiger partial charge in [0.1, 0.15) is 5.82 Å². The summed E-state index contributed by atoms with van der Waals surface area (Å²) in [7, 11) is 0. The summed E-state index contributed by atoms with van der Waals surface area (Å²) in [5, 5.41) is 3.29. The molecule has 0 saturated heterocycles. The van der Waals surface area contributed by atoms with E-state index in [-0.39, 0.29) is 0 Å². The summed E-state index contributed by atoms with van der Waals surface area (Å²) >= 11 is 0. The van der Waals surface area contributed by atoms with E-state index in [1.165, 1.54) is 5.56 Å². The quantitative estimate of drug-likeness (QED) is 0.736. The van der Waals surface area contributed by atoms with Crippen LogP contribution in [0.1, 0.15) is 11.1 Å². The maximum absolute atomic E-state index is 5.80. The number of nitrogen functional groups attached to an aromatic ring is 1. The lowest BCUT2D eigenvalue weighted by atomic mass is 10.1. The molecule has 3 N–H and O–H groups in total. The van der Waals surface area contributed by atoms with Crippen molar-refractivity contribution in [1.82, 2.24) is 14.4 Å². The van der Waals surface area contributed by atoms with Crippen molar-refractivity contribution in [3.8, 4) is 0 Å². The third-order valence-corrected chi connectivity index (χ3v) is 3.03. The van der Waals surface area contributed by atoms with Crippen LogP contribution in [-0.4, -0.2) is 14.4 Å². The molecule has 0 spiro atoms. The van der Waals surface area contributed by atoms with E-state index < -0.39 is 0 Å². The lowest BCUT2D eigenvalue weighted by Gasteiger charge is -2.11. The van der Waals surface area contributed by atoms with Crippen molar-refractivity contribution in [3.05, 3.63) is 47.9 Å². The zero-order chi connectivity index (χ0) is 13.4. The zero-order valence-corrected chi connectivity index (χ0v) is 10.9. The topological polar surface area (TPSA) is 68.2 Å². The van der Waals surface area contributed by atoms with Crippen molar-refractivity contribution < 1.29 is 0 Å². The van der Waals surface area contributed by atoms with Crippen molar-refractivity contribution in [2.75, 3.05) is 11.1 Å². The van der Waals surface area contributed by atoms with Gasteiger partial charge in [-0.1, -0.05) is 17.7 Å². The molecule has 0 bridgehead atoms. The van der Waals surface area contributed by atoms with Crippen molar-refractivity contribution in [2.45, 2.75) is 13.8 Å². The van der Waals surface area contributed by atoms with Gasteiger partial charge in [-0.05, 0) is 25.5 Å². The number of aryl methyl sites for hydroxylation is 2. The van der Waals surface area contributed by atoms with E-state index in [0.717, 1.165) is 16.9 Å². The third-order valence-electron chi connectivity index (χ3n) is 3.03. The second kappa shape index (κ2) is 4.28. The molecule has 2 aromatic heterocycles. The molecular formula is C14H15N5. The fraction of sp³-hybridized carbons (Fsp3) is 0.143. The van der Waals surface area contributed by atoms with Gasteiger partial charge in [-0.25, -0.2) is 9.97 Å². The van der Waals surface area contributed by atoms with Crippen LogP contribution >= 0.6 is 0 Å². The van der Waals surface area contributed by atoms with Gasteiger partial charge in [0.25, 0.3) is 0 Å². The Balaban J connectivity index is 2.07. The van der Waals surface area contributed by atoms with Crippen LogP contribution in [0.15, 0.2) is 36.8 Å². The highest BCUT2D eigenvalue weighted by Crippen LogP contribution is 2.23. The van der Waals surface area contributed by atoms with E-state index in [1.54, 1.807) is 12.4 Å². The first-order valence-corrected chi connectivity index (χ1v) is 6.07. The summed E-state index contributed by atoms with van der Waals surface area (Å²) in [5.41, 5.74) is 9.96. The van der Waals surface area contributed by atoms with Gasteiger partial charge in [-0.3, -0.25) is 0 Å². The number of imidazole rings is 1. The summed E-state index contributed by atoms with van der Waals surface area (Å²) in [6.07, 6.45) is 5.32. The Labute approximate surface area is 111 Å². The molecule has 0 amide bonds. The monoisotopic (exact) mass is 253 g/mol. The lowest BCUT2D eigenvalue weighted by molar-refractivity contribution is 1.13. The predicted octanol–water partition coefficient (Wildman–Crippen LogP) is 2.67. The Morgan fingerprint density at radius 1 is 1.26 bits per heavy atom. The SMILES string of the molecule is Cc1ccc(Nc2nc(N)cn3ccnc23)c(C)c1. The molecule has 0 aliphatic carbocycles. The number of benzene rings is 1. The Hall–Kier alpha value is -2.56. The average Bonchev–Trinajstić information content (AvgIpc) is 2.80. The third kappa shape index (κ3) is 2.10. The fourth-order valence-electron chi connectivity index (χ4n) is 2.12. The first-order chi connectivity index (χ1) is 9.13. The van der Waals surface area contributed by atoms with Crippen LogP contribution in [0.3, 0.4) is 0 Å². The largest absolute Gasteiger partial charge is 0.382 e. The standard InChI is InChI=1S/C14H15N5/c1-9-3-4-11(10(2)7-9)17-13-14-16-5-6-19(14)8-12(15)18-13/h3-8H,15H2,1-2H3,(H,17,18). The minimum Gasteiger partial charge on any atom is -0.382 e. The van der Waals surface area contributed by atoms with Gasteiger partial charge >= 0.3 is 0 Å². The van der Waals surface area contributed by atoms with E-state index >= 15 is 0 Å². The lowest BCUT2D eigenvalue weighted by Crippen LogP contribution is -2.02. The highest BCUT2D eigenvalue weighted by Gasteiger charge is 2.07. The Kier molecular flexibility index (Phi) is 2.59. The van der Waals surface area contributed by atoms with Crippen LogP contribution in [0, 0.1) is 13.8 Å². The van der Waals surface area contributed by atoms with Crippen LogP contribution in [0.4, 0.5) is 17.3 Å². The van der Waals surface area contributed by atoms with E-state index in [2.05, 4.69) is 41.3 Å². The number of anilines is 3. The molecule has 0 saturated carbocycles. The molecule has 3 aromatic rings. The number of rotatable bonds is 2. The van der Waals surface area contributed by atoms with Gasteiger partial charge < -0.3 is 15.5 Å². The number of hydrogen-bond acceptors (Lipinski definition) is 4. The summed E-state index contributed by atoms with van der Waals surface area (Å²) in [6.45, 7) is 4.13. The number of nitrogens with zero attached hydrogens (tertiary/aromatic N) is 3. The molecule has 2 heterocycles. The molecular weight excluding hydrogens is 238 g/mol. The number of nitrogens with one attached hydrogen (secondary N) is 1. The van der Waals surface area contributed by atoms with Crippen molar-refractivity contribution in [2.24, 2.45) is 0 Å². The summed E-state index contributed by atoms with van der Waals surface area (Å²) < 4.78 is 1.86. The molecule has 5 nitrogen and oxygen atoms in total. The van der Waals surface area contributed by atoms with E-state index in [0.29, 0.717) is 11.6 Å². The fourth-order valence-corrected chi connectivity index (χ4v) is 2.12. The number of fused-ring (bicyclic) bond motifs is 1. The van der Waals surface area contributed by atoms with Gasteiger partial charge in [0, 0.05) is 18.1 Å². The molecule has 3 rings (SSSR count). The van der Waals surface area contributed by atoms with Crippen molar-refractivity contribution >= 4 is 23.0 Å². The molecule has 5 heteroatoms. The van der Waals surface area contributed by atoms with Crippen LogP contribution < -0.4 is 11.1 Å². The van der Waals surface area contributed by atoms with Crippen LogP contribution in [0.25, 0.3) is 5.65 Å². The second-order valence-electron chi connectivity index (χ2n) is 4.62. The minimum atomic E-state index is 0.456. The van der Waals surface area contributed by atoms with Gasteiger partial charge in [0.2, 0.25) is 0 Å². The van der Waals surface area contributed by atoms with E-state index in [1.807, 2.05) is 16.7 Å². The molecule has 0 fully saturated rings. The van der Waals surface area contributed by atoms with Crippen LogP contribution in [0.2, 0.25) is 0 Å². The van der Waals surface area contributed by atoms with Gasteiger partial charge in [0.05, 0.1) is 6.20 Å². The maximum Gasteiger partial charge on any atom is 0.180 e. The highest BCUT2D eigenvalue weighted by atomic mass is 15.1. The highest BCUT2D eigenvalue weighted by molar-refractivity contribution is 5.72. The second-order valence-corrected chi connectivity index (χ2v) is 4.62. The van der Waals surface area contributed by atoms with E-state index in [9.17, 15) is 0 Å². The molecule has 0 aliphatic heterocycles. The summed E-state index contributed by atoms with van der Waals surface area (Å²) in [6, 6.07) is 6.22. The number of aromatic nitrogens is 3. The van der Waals surface area contributed by atoms with E-state index in [4.69, 9.17) is 5.73 Å². The van der Waals surface area contributed by atoms with Gasteiger partial charge in [-0.2, -0.15) is 0 Å². The van der Waals surface area contributed by atoms with Crippen molar-refractivity contribution in [1.29, 1.82) is 0 Å². The first-order valence-electron chi connectivity index (χ1n) is 6.07. The minimum absolute atomic E-state index is 0.456. The molecule has 0 radical (unpaired) electrons. The Bertz CT molecular complexity index is 745. The van der Waals surface area contributed by atoms with Crippen LogP contribution in [-0.2, 0) is 0 Å². The first kappa shape index (κ1) is 11.5. The molecule has 1 aromatic carbocycles. The molecule has 19 heavy (non-hydrogen) atoms. The molecule has 96 valence electrons. The normalized spacial score (nSPS) is 10.8.